The third-order valence-corrected chi connectivity index (χ3v) is 9.39. The number of allylic oxidation sites excluding steroid dienone is 1. The third-order valence-electron chi connectivity index (χ3n) is 7.10. The van der Waals surface area contributed by atoms with Gasteiger partial charge in [0, 0.05) is 30.8 Å². The molecule has 2 fully saturated rings. The number of hydrogen-bond acceptors (Lipinski definition) is 8. The van der Waals surface area contributed by atoms with Crippen LogP contribution in [0.4, 0.5) is 0 Å². The fourth-order valence-electron chi connectivity index (χ4n) is 5.21. The van der Waals surface area contributed by atoms with E-state index in [-0.39, 0.29) is 6.10 Å². The zero-order valence-corrected chi connectivity index (χ0v) is 22.2. The van der Waals surface area contributed by atoms with Gasteiger partial charge in [-0.1, -0.05) is 35.9 Å². The smallest absolute Gasteiger partial charge is 0.180 e. The van der Waals surface area contributed by atoms with Gasteiger partial charge in [0.15, 0.2) is 15.3 Å². The van der Waals surface area contributed by atoms with E-state index in [9.17, 15) is 23.7 Å². The van der Waals surface area contributed by atoms with Crippen molar-refractivity contribution in [3.63, 3.8) is 0 Å². The summed E-state index contributed by atoms with van der Waals surface area (Å²) in [5, 5.41) is 32.8. The van der Waals surface area contributed by atoms with Crippen LogP contribution in [0, 0.1) is 5.92 Å². The molecule has 1 saturated carbocycles. The lowest BCUT2D eigenvalue weighted by molar-refractivity contribution is -0.169. The number of thioether (sulfide) groups is 1. The van der Waals surface area contributed by atoms with E-state index in [2.05, 4.69) is 6.08 Å². The quantitative estimate of drug-likeness (QED) is 0.322. The van der Waals surface area contributed by atoms with Crippen molar-refractivity contribution >= 4 is 21.6 Å². The second-order valence-corrected chi connectivity index (χ2v) is 13.2. The highest BCUT2D eigenvalue weighted by Crippen LogP contribution is 2.55. The van der Waals surface area contributed by atoms with Crippen molar-refractivity contribution in [2.75, 3.05) is 19.1 Å². The van der Waals surface area contributed by atoms with Crippen molar-refractivity contribution < 1.29 is 33.2 Å². The number of sulfone groups is 1. The molecule has 1 heterocycles. The number of epoxide rings is 1. The van der Waals surface area contributed by atoms with Gasteiger partial charge in [-0.3, -0.25) is 0 Å². The summed E-state index contributed by atoms with van der Waals surface area (Å²) in [5.41, 5.74) is -1.07. The zero-order chi connectivity index (χ0) is 25.3. The van der Waals surface area contributed by atoms with Gasteiger partial charge in [-0.25, -0.2) is 8.42 Å². The van der Waals surface area contributed by atoms with Crippen LogP contribution < -0.4 is 0 Å². The molecular weight excluding hydrogens is 476 g/mol. The van der Waals surface area contributed by atoms with Crippen LogP contribution in [0.15, 0.2) is 35.9 Å². The highest BCUT2D eigenvalue weighted by molar-refractivity contribution is 7.98. The predicted octanol–water partition coefficient (Wildman–Crippen LogP) is 2.99. The van der Waals surface area contributed by atoms with Crippen LogP contribution in [0.25, 0.3) is 0 Å². The number of rotatable bonds is 10. The van der Waals surface area contributed by atoms with Crippen LogP contribution in [-0.2, 0) is 25.1 Å². The molecule has 1 aliphatic heterocycles. The standard InChI is InChI=1S/C25H38O7S2/c1-16(2)10-11-20-24(3,32-20)22-21(31-4)19(26)12-13-25(22,28)15-33-14-17-8-6-7-9-18(17)23(27)34(5,29)30/h6-10,19-23,26-28H,11-15H2,1-5H3. The molecule has 3 rings (SSSR count). The highest BCUT2D eigenvalue weighted by atomic mass is 32.2. The van der Waals surface area contributed by atoms with Crippen LogP contribution in [0.1, 0.15) is 56.6 Å². The molecule has 0 amide bonds. The van der Waals surface area contributed by atoms with Crippen LogP contribution in [0.3, 0.4) is 0 Å². The van der Waals surface area contributed by atoms with Crippen molar-refractivity contribution in [3.8, 4) is 0 Å². The minimum absolute atomic E-state index is 0.0579. The molecule has 1 aliphatic carbocycles. The fraction of sp³-hybridized carbons (Fsp3) is 0.680. The van der Waals surface area contributed by atoms with Gasteiger partial charge >= 0.3 is 0 Å². The topological polar surface area (TPSA) is 117 Å². The van der Waals surface area contributed by atoms with Crippen LogP contribution in [0.5, 0.6) is 0 Å². The van der Waals surface area contributed by atoms with Crippen molar-refractivity contribution in [2.45, 2.75) is 80.7 Å². The van der Waals surface area contributed by atoms with E-state index in [0.717, 1.165) is 12.7 Å². The Morgan fingerprint density at radius 1 is 1.35 bits per heavy atom. The molecule has 3 N–H and O–H groups in total. The maximum absolute atomic E-state index is 11.9. The number of aliphatic hydroxyl groups excluding tert-OH is 2. The summed E-state index contributed by atoms with van der Waals surface area (Å²) in [5.74, 6) is 0.368. The average molecular weight is 515 g/mol. The van der Waals surface area contributed by atoms with Crippen LogP contribution >= 0.6 is 11.8 Å². The zero-order valence-electron chi connectivity index (χ0n) is 20.6. The molecule has 1 saturated heterocycles. The van der Waals surface area contributed by atoms with Crippen molar-refractivity contribution in [3.05, 3.63) is 47.0 Å². The highest BCUT2D eigenvalue weighted by Gasteiger charge is 2.66. The first-order valence-electron chi connectivity index (χ1n) is 11.6. The van der Waals surface area contributed by atoms with Gasteiger partial charge in [0.05, 0.1) is 23.9 Å². The summed E-state index contributed by atoms with van der Waals surface area (Å²) < 4.78 is 35.6. The Labute approximate surface area is 207 Å². The first-order chi connectivity index (χ1) is 15.8. The van der Waals surface area contributed by atoms with Crippen molar-refractivity contribution in [1.82, 2.24) is 0 Å². The van der Waals surface area contributed by atoms with Gasteiger partial charge in [-0.05, 0) is 51.2 Å². The van der Waals surface area contributed by atoms with E-state index in [4.69, 9.17) is 9.47 Å². The Morgan fingerprint density at radius 3 is 2.65 bits per heavy atom. The Balaban J connectivity index is 1.78. The first kappa shape index (κ1) is 27.6. The Hall–Kier alpha value is -0.940. The van der Waals surface area contributed by atoms with E-state index >= 15 is 0 Å². The van der Waals surface area contributed by atoms with E-state index in [0.29, 0.717) is 35.5 Å². The monoisotopic (exact) mass is 514 g/mol. The molecule has 34 heavy (non-hydrogen) atoms. The second kappa shape index (κ2) is 10.6. The van der Waals surface area contributed by atoms with Gasteiger partial charge in [0.2, 0.25) is 0 Å². The molecule has 9 heteroatoms. The maximum Gasteiger partial charge on any atom is 0.180 e. The van der Waals surface area contributed by atoms with Crippen LogP contribution in [-0.4, -0.2) is 72.4 Å². The average Bonchev–Trinajstić information content (AvgIpc) is 3.43. The maximum atomic E-state index is 11.9. The summed E-state index contributed by atoms with van der Waals surface area (Å²) in [6, 6.07) is 6.91. The molecule has 0 radical (unpaired) electrons. The summed E-state index contributed by atoms with van der Waals surface area (Å²) in [6.07, 6.45) is 3.40. The molecular formula is C25H38O7S2. The molecule has 7 nitrogen and oxygen atoms in total. The van der Waals surface area contributed by atoms with E-state index in [1.54, 1.807) is 31.4 Å². The lowest BCUT2D eigenvalue weighted by atomic mass is 9.66. The molecule has 1 aromatic carbocycles. The molecule has 0 spiro atoms. The number of aliphatic hydroxyl groups is 3. The van der Waals surface area contributed by atoms with Gasteiger partial charge in [-0.15, -0.1) is 0 Å². The fourth-order valence-corrected chi connectivity index (χ4v) is 7.16. The third kappa shape index (κ3) is 5.88. The molecule has 7 unspecified atom stereocenters. The van der Waals surface area contributed by atoms with Crippen molar-refractivity contribution in [2.24, 2.45) is 5.92 Å². The van der Waals surface area contributed by atoms with Crippen LogP contribution in [0.2, 0.25) is 0 Å². The van der Waals surface area contributed by atoms with E-state index in [1.165, 1.54) is 17.3 Å². The Bertz CT molecular complexity index is 991. The van der Waals surface area contributed by atoms with E-state index in [1.807, 2.05) is 20.8 Å². The number of methoxy groups -OCH3 is 1. The molecule has 2 aliphatic rings. The van der Waals surface area contributed by atoms with E-state index < -0.39 is 44.6 Å². The second-order valence-electron chi connectivity index (χ2n) is 10.1. The number of ether oxygens (including phenoxy) is 2. The molecule has 192 valence electrons. The Morgan fingerprint density at radius 2 is 2.03 bits per heavy atom. The van der Waals surface area contributed by atoms with Crippen molar-refractivity contribution in [1.29, 1.82) is 0 Å². The molecule has 1 aromatic rings. The van der Waals surface area contributed by atoms with Gasteiger partial charge in [0.25, 0.3) is 0 Å². The van der Waals surface area contributed by atoms with Gasteiger partial charge in [0.1, 0.15) is 5.60 Å². The number of hydrogen-bond donors (Lipinski definition) is 3. The minimum atomic E-state index is -3.66. The summed E-state index contributed by atoms with van der Waals surface area (Å²) >= 11 is 1.47. The first-order valence-corrected chi connectivity index (χ1v) is 14.7. The largest absolute Gasteiger partial charge is 0.390 e. The SMILES string of the molecule is COC1C(O)CCC(O)(CSCc2ccccc2C(O)S(C)(=O)=O)C1C1(C)OC1CC=C(C)C. The summed E-state index contributed by atoms with van der Waals surface area (Å²) in [6.45, 7) is 6.06. The summed E-state index contributed by atoms with van der Waals surface area (Å²) in [7, 11) is -2.10. The number of benzene rings is 1. The molecule has 7 atom stereocenters. The Kier molecular flexibility index (Phi) is 8.60. The predicted molar refractivity (Wildman–Crippen MR) is 134 cm³/mol. The molecule has 0 bridgehead atoms. The normalized spacial score (nSPS) is 34.5. The summed E-state index contributed by atoms with van der Waals surface area (Å²) in [4.78, 5) is 0. The lowest BCUT2D eigenvalue weighted by Crippen LogP contribution is -2.60. The molecule has 0 aromatic heterocycles. The lowest BCUT2D eigenvalue weighted by Gasteiger charge is -2.48. The van der Waals surface area contributed by atoms with Gasteiger partial charge in [-0.2, -0.15) is 11.8 Å². The van der Waals surface area contributed by atoms with Gasteiger partial charge < -0.3 is 24.8 Å². The minimum Gasteiger partial charge on any atom is -0.390 e.